The minimum absolute atomic E-state index is 0.0915. The Morgan fingerprint density at radius 1 is 1.25 bits per heavy atom. The monoisotopic (exact) mass is 274 g/mol. The molecule has 1 heterocycles. The van der Waals surface area contributed by atoms with Crippen molar-refractivity contribution in [3.8, 4) is 5.75 Å². The lowest BCUT2D eigenvalue weighted by Crippen LogP contribution is -2.41. The molecule has 2 rings (SSSR count). The highest BCUT2D eigenvalue weighted by atomic mass is 16.5. The van der Waals surface area contributed by atoms with Crippen LogP contribution in [0.25, 0.3) is 10.8 Å². The molecule has 0 atom stereocenters. The van der Waals surface area contributed by atoms with Crippen LogP contribution in [-0.4, -0.2) is 29.3 Å². The molecular formula is C16H22N2O2. The number of methoxy groups -OCH3 is 1. The first-order valence-corrected chi connectivity index (χ1v) is 7.00. The van der Waals surface area contributed by atoms with Crippen molar-refractivity contribution in [1.29, 1.82) is 0 Å². The number of nitrogens with one attached hydrogen (secondary N) is 1. The van der Waals surface area contributed by atoms with Crippen LogP contribution < -0.4 is 10.1 Å². The van der Waals surface area contributed by atoms with Gasteiger partial charge in [0.1, 0.15) is 11.6 Å². The molecule has 108 valence electrons. The van der Waals surface area contributed by atoms with Gasteiger partial charge in [-0.15, -0.1) is 0 Å². The van der Waals surface area contributed by atoms with Crippen molar-refractivity contribution in [2.24, 2.45) is 0 Å². The summed E-state index contributed by atoms with van der Waals surface area (Å²) in [5, 5.41) is 15.2. The molecule has 0 aliphatic heterocycles. The van der Waals surface area contributed by atoms with Gasteiger partial charge in [-0.2, -0.15) is 0 Å². The van der Waals surface area contributed by atoms with E-state index < -0.39 is 0 Å². The quantitative estimate of drug-likeness (QED) is 0.849. The third-order valence-electron chi connectivity index (χ3n) is 4.01. The minimum Gasteiger partial charge on any atom is -0.497 e. The largest absolute Gasteiger partial charge is 0.497 e. The first kappa shape index (κ1) is 14.6. The fraction of sp³-hybridized carbons (Fsp3) is 0.438. The van der Waals surface area contributed by atoms with Crippen molar-refractivity contribution in [2.45, 2.75) is 32.2 Å². The van der Waals surface area contributed by atoms with Crippen molar-refractivity contribution in [3.05, 3.63) is 30.5 Å². The molecule has 0 amide bonds. The van der Waals surface area contributed by atoms with Crippen LogP contribution in [0.2, 0.25) is 0 Å². The number of anilines is 1. The van der Waals surface area contributed by atoms with Crippen LogP contribution in [0.15, 0.2) is 30.5 Å². The summed E-state index contributed by atoms with van der Waals surface area (Å²) in [5.41, 5.74) is -0.318. The van der Waals surface area contributed by atoms with Crippen LogP contribution in [0.5, 0.6) is 5.75 Å². The number of aromatic nitrogens is 1. The molecule has 1 aromatic carbocycles. The number of ether oxygens (including phenoxy) is 1. The molecule has 2 aromatic rings. The number of aliphatic hydroxyl groups excluding tert-OH is 1. The maximum Gasteiger partial charge on any atom is 0.134 e. The molecule has 0 bridgehead atoms. The number of rotatable bonds is 6. The van der Waals surface area contributed by atoms with E-state index >= 15 is 0 Å². The Hall–Kier alpha value is -1.81. The lowest BCUT2D eigenvalue weighted by Gasteiger charge is -2.31. The van der Waals surface area contributed by atoms with Crippen molar-refractivity contribution < 1.29 is 9.84 Å². The Bertz CT molecular complexity index is 571. The average molecular weight is 274 g/mol. The van der Waals surface area contributed by atoms with E-state index in [-0.39, 0.29) is 12.1 Å². The molecule has 0 unspecified atom stereocenters. The van der Waals surface area contributed by atoms with Crippen LogP contribution in [0.1, 0.15) is 26.7 Å². The number of fused-ring (bicyclic) bond motifs is 1. The fourth-order valence-electron chi connectivity index (χ4n) is 2.32. The van der Waals surface area contributed by atoms with E-state index in [0.717, 1.165) is 35.2 Å². The van der Waals surface area contributed by atoms with Gasteiger partial charge >= 0.3 is 0 Å². The lowest BCUT2D eigenvalue weighted by atomic mass is 9.93. The molecule has 0 radical (unpaired) electrons. The van der Waals surface area contributed by atoms with Gasteiger partial charge in [0, 0.05) is 11.6 Å². The van der Waals surface area contributed by atoms with Gasteiger partial charge in [-0.05, 0) is 42.5 Å². The molecule has 2 N–H and O–H groups in total. The van der Waals surface area contributed by atoms with Gasteiger partial charge in [-0.1, -0.05) is 13.8 Å². The molecule has 0 aliphatic carbocycles. The van der Waals surface area contributed by atoms with Crippen molar-refractivity contribution in [2.75, 3.05) is 19.0 Å². The second-order valence-electron chi connectivity index (χ2n) is 5.02. The molecule has 0 aliphatic rings. The van der Waals surface area contributed by atoms with Gasteiger partial charge in [0.2, 0.25) is 0 Å². The summed E-state index contributed by atoms with van der Waals surface area (Å²) in [6, 6.07) is 7.87. The summed E-state index contributed by atoms with van der Waals surface area (Å²) in [6.07, 6.45) is 3.46. The zero-order valence-corrected chi connectivity index (χ0v) is 12.3. The first-order chi connectivity index (χ1) is 9.68. The molecular weight excluding hydrogens is 252 g/mol. The summed E-state index contributed by atoms with van der Waals surface area (Å²) < 4.78 is 5.25. The van der Waals surface area contributed by atoms with E-state index in [9.17, 15) is 5.11 Å². The SMILES string of the molecule is CCC(CC)(CO)Nc1nccc2cc(OC)ccc12. The van der Waals surface area contributed by atoms with Crippen LogP contribution >= 0.6 is 0 Å². The zero-order chi connectivity index (χ0) is 14.6. The molecule has 1 aromatic heterocycles. The number of hydrogen-bond acceptors (Lipinski definition) is 4. The molecule has 0 fully saturated rings. The third-order valence-corrected chi connectivity index (χ3v) is 4.01. The van der Waals surface area contributed by atoms with Crippen molar-refractivity contribution in [3.63, 3.8) is 0 Å². The van der Waals surface area contributed by atoms with Gasteiger partial charge in [0.05, 0.1) is 19.3 Å². The second kappa shape index (κ2) is 6.09. The van der Waals surface area contributed by atoms with Gasteiger partial charge in [0.25, 0.3) is 0 Å². The maximum absolute atomic E-state index is 9.68. The number of aliphatic hydroxyl groups is 1. The summed E-state index contributed by atoms with van der Waals surface area (Å²) in [6.45, 7) is 4.23. The molecule has 0 saturated heterocycles. The summed E-state index contributed by atoms with van der Waals surface area (Å²) in [7, 11) is 1.66. The smallest absolute Gasteiger partial charge is 0.134 e. The highest BCUT2D eigenvalue weighted by Crippen LogP contribution is 2.29. The molecule has 4 nitrogen and oxygen atoms in total. The standard InChI is InChI=1S/C16H22N2O2/c1-4-16(5-2,11-19)18-15-14-7-6-13(20-3)10-12(14)8-9-17-15/h6-10,19H,4-5,11H2,1-3H3,(H,17,18). The van der Waals surface area contributed by atoms with Crippen molar-refractivity contribution >= 4 is 16.6 Å². The van der Waals surface area contributed by atoms with Crippen LogP contribution in [-0.2, 0) is 0 Å². The highest BCUT2D eigenvalue weighted by molar-refractivity contribution is 5.92. The van der Waals surface area contributed by atoms with Gasteiger partial charge < -0.3 is 15.2 Å². The Morgan fingerprint density at radius 2 is 2.00 bits per heavy atom. The molecule has 20 heavy (non-hydrogen) atoms. The number of nitrogens with zero attached hydrogens (tertiary/aromatic N) is 1. The van der Waals surface area contributed by atoms with Crippen LogP contribution in [0.4, 0.5) is 5.82 Å². The molecule has 0 spiro atoms. The summed E-state index contributed by atoms with van der Waals surface area (Å²) in [4.78, 5) is 4.43. The van der Waals surface area contributed by atoms with Crippen LogP contribution in [0, 0.1) is 0 Å². The van der Waals surface area contributed by atoms with Gasteiger partial charge in [-0.3, -0.25) is 0 Å². The summed E-state index contributed by atoms with van der Waals surface area (Å²) in [5.74, 6) is 1.64. The van der Waals surface area contributed by atoms with E-state index in [1.54, 1.807) is 13.3 Å². The number of hydrogen-bond donors (Lipinski definition) is 2. The Balaban J connectivity index is 2.44. The minimum atomic E-state index is -0.318. The normalized spacial score (nSPS) is 11.6. The van der Waals surface area contributed by atoms with E-state index in [2.05, 4.69) is 24.1 Å². The molecule has 4 heteroatoms. The van der Waals surface area contributed by atoms with Crippen molar-refractivity contribution in [1.82, 2.24) is 4.98 Å². The predicted octanol–water partition coefficient (Wildman–Crippen LogP) is 3.21. The maximum atomic E-state index is 9.68. The van der Waals surface area contributed by atoms with E-state index in [1.165, 1.54) is 0 Å². The lowest BCUT2D eigenvalue weighted by molar-refractivity contribution is 0.202. The van der Waals surface area contributed by atoms with E-state index in [0.29, 0.717) is 0 Å². The Kier molecular flexibility index (Phi) is 4.45. The fourth-order valence-corrected chi connectivity index (χ4v) is 2.32. The third kappa shape index (κ3) is 2.70. The first-order valence-electron chi connectivity index (χ1n) is 7.00. The average Bonchev–Trinajstić information content (AvgIpc) is 2.52. The number of benzene rings is 1. The zero-order valence-electron chi connectivity index (χ0n) is 12.3. The van der Waals surface area contributed by atoms with Gasteiger partial charge in [0.15, 0.2) is 0 Å². The second-order valence-corrected chi connectivity index (χ2v) is 5.02. The summed E-state index contributed by atoms with van der Waals surface area (Å²) >= 11 is 0. The topological polar surface area (TPSA) is 54.4 Å². The highest BCUT2D eigenvalue weighted by Gasteiger charge is 2.25. The van der Waals surface area contributed by atoms with Gasteiger partial charge in [-0.25, -0.2) is 4.98 Å². The van der Waals surface area contributed by atoms with E-state index in [1.807, 2.05) is 24.3 Å². The predicted molar refractivity (Wildman–Crippen MR) is 82.3 cm³/mol. The number of pyridine rings is 1. The molecule has 0 saturated carbocycles. The Labute approximate surface area is 119 Å². The van der Waals surface area contributed by atoms with E-state index in [4.69, 9.17) is 4.74 Å². The van der Waals surface area contributed by atoms with Crippen LogP contribution in [0.3, 0.4) is 0 Å². The Morgan fingerprint density at radius 3 is 2.60 bits per heavy atom.